The standard InChI is InChI=1S/C9H10F3NS/c10-7-1-3-8(4-2-7)14-6-9(11,12)5-13/h1-4H,5-6,13H2. The van der Waals surface area contributed by atoms with Gasteiger partial charge in [0, 0.05) is 4.90 Å². The molecule has 0 aliphatic heterocycles. The molecule has 0 amide bonds. The van der Waals surface area contributed by atoms with Gasteiger partial charge in [0.2, 0.25) is 0 Å². The Balaban J connectivity index is 2.50. The molecule has 0 heterocycles. The van der Waals surface area contributed by atoms with Crippen LogP contribution in [0.5, 0.6) is 0 Å². The molecule has 0 bridgehead atoms. The second-order valence-electron chi connectivity index (χ2n) is 2.80. The van der Waals surface area contributed by atoms with E-state index in [-0.39, 0.29) is 11.6 Å². The lowest BCUT2D eigenvalue weighted by Crippen LogP contribution is -2.30. The van der Waals surface area contributed by atoms with E-state index in [1.54, 1.807) is 0 Å². The maximum atomic E-state index is 12.7. The molecule has 5 heteroatoms. The molecule has 1 nitrogen and oxygen atoms in total. The van der Waals surface area contributed by atoms with Gasteiger partial charge in [0.05, 0.1) is 12.3 Å². The van der Waals surface area contributed by atoms with Gasteiger partial charge < -0.3 is 5.73 Å². The van der Waals surface area contributed by atoms with Gasteiger partial charge in [0.1, 0.15) is 5.82 Å². The monoisotopic (exact) mass is 221 g/mol. The van der Waals surface area contributed by atoms with Gasteiger partial charge in [0.25, 0.3) is 5.92 Å². The second kappa shape index (κ2) is 4.70. The molecular weight excluding hydrogens is 211 g/mol. The first-order chi connectivity index (χ1) is 6.53. The van der Waals surface area contributed by atoms with E-state index in [2.05, 4.69) is 0 Å². The van der Waals surface area contributed by atoms with Crippen LogP contribution < -0.4 is 5.73 Å². The number of alkyl halides is 2. The molecule has 0 atom stereocenters. The van der Waals surface area contributed by atoms with E-state index in [0.717, 1.165) is 11.8 Å². The van der Waals surface area contributed by atoms with Crippen LogP contribution in [0.3, 0.4) is 0 Å². The summed E-state index contributed by atoms with van der Waals surface area (Å²) < 4.78 is 37.8. The van der Waals surface area contributed by atoms with Crippen molar-refractivity contribution in [2.45, 2.75) is 10.8 Å². The molecule has 0 aliphatic rings. The summed E-state index contributed by atoms with van der Waals surface area (Å²) in [6, 6.07) is 5.41. The predicted octanol–water partition coefficient (Wildman–Crippen LogP) is 2.51. The summed E-state index contributed by atoms with van der Waals surface area (Å²) in [5.74, 6) is -3.62. The molecule has 0 saturated carbocycles. The Morgan fingerprint density at radius 1 is 1.21 bits per heavy atom. The minimum atomic E-state index is -2.86. The predicted molar refractivity (Wildman–Crippen MR) is 51.1 cm³/mol. The molecule has 1 rings (SSSR count). The van der Waals surface area contributed by atoms with Crippen LogP contribution in [0.25, 0.3) is 0 Å². The number of thioether (sulfide) groups is 1. The Morgan fingerprint density at radius 3 is 2.29 bits per heavy atom. The first-order valence-electron chi connectivity index (χ1n) is 4.00. The van der Waals surface area contributed by atoms with Crippen molar-refractivity contribution in [3.63, 3.8) is 0 Å². The summed E-state index contributed by atoms with van der Waals surface area (Å²) in [4.78, 5) is 0.611. The number of rotatable bonds is 4. The van der Waals surface area contributed by atoms with Crippen molar-refractivity contribution in [1.29, 1.82) is 0 Å². The number of hydrogen-bond donors (Lipinski definition) is 1. The average Bonchev–Trinajstić information content (AvgIpc) is 2.17. The molecule has 0 unspecified atom stereocenters. The summed E-state index contributed by atoms with van der Waals surface area (Å²) >= 11 is 0.964. The van der Waals surface area contributed by atoms with Gasteiger partial charge in [-0.15, -0.1) is 11.8 Å². The Bertz CT molecular complexity index is 287. The van der Waals surface area contributed by atoms with Gasteiger partial charge in [0.15, 0.2) is 0 Å². The zero-order valence-electron chi connectivity index (χ0n) is 7.34. The van der Waals surface area contributed by atoms with Crippen LogP contribution in [0.2, 0.25) is 0 Å². The van der Waals surface area contributed by atoms with Gasteiger partial charge in [-0.2, -0.15) is 0 Å². The van der Waals surface area contributed by atoms with Crippen LogP contribution in [0.4, 0.5) is 13.2 Å². The van der Waals surface area contributed by atoms with E-state index in [1.165, 1.54) is 24.3 Å². The van der Waals surface area contributed by atoms with Crippen molar-refractivity contribution in [3.8, 4) is 0 Å². The normalized spacial score (nSPS) is 11.7. The maximum Gasteiger partial charge on any atom is 0.269 e. The van der Waals surface area contributed by atoms with Crippen molar-refractivity contribution in [3.05, 3.63) is 30.1 Å². The van der Waals surface area contributed by atoms with E-state index in [0.29, 0.717) is 4.90 Å². The van der Waals surface area contributed by atoms with E-state index < -0.39 is 12.5 Å². The van der Waals surface area contributed by atoms with Crippen molar-refractivity contribution in [2.24, 2.45) is 5.73 Å². The summed E-state index contributed by atoms with van der Waals surface area (Å²) in [5, 5.41) is 0. The molecule has 0 radical (unpaired) electrons. The average molecular weight is 221 g/mol. The highest BCUT2D eigenvalue weighted by molar-refractivity contribution is 7.99. The van der Waals surface area contributed by atoms with E-state index in [9.17, 15) is 13.2 Å². The first kappa shape index (κ1) is 11.4. The molecule has 14 heavy (non-hydrogen) atoms. The molecule has 0 saturated heterocycles. The van der Waals surface area contributed by atoms with Gasteiger partial charge in [-0.3, -0.25) is 0 Å². The van der Waals surface area contributed by atoms with E-state index in [1.807, 2.05) is 0 Å². The molecule has 2 N–H and O–H groups in total. The molecule has 1 aromatic carbocycles. The summed E-state index contributed by atoms with van der Waals surface area (Å²) in [7, 11) is 0. The van der Waals surface area contributed by atoms with Crippen LogP contribution >= 0.6 is 11.8 Å². The molecule has 0 spiro atoms. The smallest absolute Gasteiger partial charge is 0.269 e. The number of nitrogens with two attached hydrogens (primary N) is 1. The highest BCUT2D eigenvalue weighted by Gasteiger charge is 2.26. The maximum absolute atomic E-state index is 12.7. The fourth-order valence-corrected chi connectivity index (χ4v) is 1.60. The molecule has 78 valence electrons. The molecule has 0 fully saturated rings. The van der Waals surface area contributed by atoms with Crippen LogP contribution in [-0.4, -0.2) is 18.2 Å². The highest BCUT2D eigenvalue weighted by atomic mass is 32.2. The Morgan fingerprint density at radius 2 is 1.79 bits per heavy atom. The van der Waals surface area contributed by atoms with Gasteiger partial charge >= 0.3 is 0 Å². The summed E-state index contributed by atoms with van der Waals surface area (Å²) in [6.45, 7) is -0.665. The van der Waals surface area contributed by atoms with Gasteiger partial charge in [-0.05, 0) is 24.3 Å². The highest BCUT2D eigenvalue weighted by Crippen LogP contribution is 2.25. The van der Waals surface area contributed by atoms with Crippen LogP contribution in [0.1, 0.15) is 0 Å². The largest absolute Gasteiger partial charge is 0.325 e. The fraction of sp³-hybridized carbons (Fsp3) is 0.333. The first-order valence-corrected chi connectivity index (χ1v) is 4.98. The lowest BCUT2D eigenvalue weighted by Gasteiger charge is -2.12. The summed E-state index contributed by atoms with van der Waals surface area (Å²) in [6.07, 6.45) is 0. The van der Waals surface area contributed by atoms with Gasteiger partial charge in [-0.25, -0.2) is 13.2 Å². The van der Waals surface area contributed by atoms with Gasteiger partial charge in [-0.1, -0.05) is 0 Å². The van der Waals surface area contributed by atoms with E-state index >= 15 is 0 Å². The number of benzene rings is 1. The Hall–Kier alpha value is -0.680. The van der Waals surface area contributed by atoms with Crippen molar-refractivity contribution in [1.82, 2.24) is 0 Å². The van der Waals surface area contributed by atoms with Crippen LogP contribution in [0.15, 0.2) is 29.2 Å². The van der Waals surface area contributed by atoms with Crippen molar-refractivity contribution < 1.29 is 13.2 Å². The number of halogens is 3. The number of hydrogen-bond acceptors (Lipinski definition) is 2. The van der Waals surface area contributed by atoms with Crippen molar-refractivity contribution in [2.75, 3.05) is 12.3 Å². The zero-order chi connectivity index (χ0) is 10.6. The fourth-order valence-electron chi connectivity index (χ4n) is 0.779. The Kier molecular flexibility index (Phi) is 3.83. The zero-order valence-corrected chi connectivity index (χ0v) is 8.16. The molecular formula is C9H10F3NS. The minimum absolute atomic E-state index is 0.375. The van der Waals surface area contributed by atoms with Crippen LogP contribution in [-0.2, 0) is 0 Å². The second-order valence-corrected chi connectivity index (χ2v) is 3.85. The molecule has 1 aromatic rings. The SMILES string of the molecule is NCC(F)(F)CSc1ccc(F)cc1. The third-order valence-electron chi connectivity index (χ3n) is 1.56. The van der Waals surface area contributed by atoms with Crippen LogP contribution in [0, 0.1) is 5.82 Å². The minimum Gasteiger partial charge on any atom is -0.325 e. The summed E-state index contributed by atoms with van der Waals surface area (Å²) in [5.41, 5.74) is 4.87. The third kappa shape index (κ3) is 3.59. The van der Waals surface area contributed by atoms with E-state index in [4.69, 9.17) is 5.73 Å². The lowest BCUT2D eigenvalue weighted by atomic mass is 10.3. The quantitative estimate of drug-likeness (QED) is 0.790. The topological polar surface area (TPSA) is 26.0 Å². The molecule has 0 aromatic heterocycles. The Labute approximate surface area is 84.5 Å². The molecule has 0 aliphatic carbocycles. The van der Waals surface area contributed by atoms with Crippen molar-refractivity contribution >= 4 is 11.8 Å². The lowest BCUT2D eigenvalue weighted by molar-refractivity contribution is 0.0375. The third-order valence-corrected chi connectivity index (χ3v) is 2.73.